The fourth-order valence-corrected chi connectivity index (χ4v) is 2.93. The van der Waals surface area contributed by atoms with E-state index in [2.05, 4.69) is 28.2 Å². The Morgan fingerprint density at radius 2 is 2.30 bits per heavy atom. The van der Waals surface area contributed by atoms with Crippen molar-refractivity contribution in [3.05, 3.63) is 28.2 Å². The van der Waals surface area contributed by atoms with E-state index in [1.165, 1.54) is 6.42 Å². The van der Waals surface area contributed by atoms with Crippen LogP contribution in [0.15, 0.2) is 22.7 Å². The highest BCUT2D eigenvalue weighted by atomic mass is 79.9. The molecule has 1 aromatic carbocycles. The quantitative estimate of drug-likeness (QED) is 0.799. The number of piperidine rings is 1. The van der Waals surface area contributed by atoms with Gasteiger partial charge in [-0.15, -0.1) is 0 Å². The van der Waals surface area contributed by atoms with Crippen molar-refractivity contribution in [2.24, 2.45) is 11.7 Å². The topological polar surface area (TPSA) is 58.4 Å². The van der Waals surface area contributed by atoms with E-state index in [9.17, 15) is 4.79 Å². The third kappa shape index (κ3) is 3.70. The molecule has 3 N–H and O–H groups in total. The number of nitrogens with one attached hydrogen (secondary N) is 1. The van der Waals surface area contributed by atoms with Gasteiger partial charge in [0, 0.05) is 23.1 Å². The molecule has 0 saturated carbocycles. The summed E-state index contributed by atoms with van der Waals surface area (Å²) in [5.41, 5.74) is 7.04. The fraction of sp³-hybridized carbons (Fsp3) is 0.429. The van der Waals surface area contributed by atoms with Gasteiger partial charge >= 0.3 is 6.03 Å². The van der Waals surface area contributed by atoms with Gasteiger partial charge in [-0.25, -0.2) is 4.79 Å². The Hall–Kier alpha value is -1.14. The third-order valence-electron chi connectivity index (χ3n) is 3.43. The number of hydrogen-bond acceptors (Lipinski definition) is 2. The first-order valence-corrected chi connectivity index (χ1v) is 7.83. The number of carbonyl (C=O) groups is 1. The minimum atomic E-state index is -0.0867. The summed E-state index contributed by atoms with van der Waals surface area (Å²) < 4.78 is 0.880. The van der Waals surface area contributed by atoms with Crippen molar-refractivity contribution in [1.82, 2.24) is 4.90 Å². The first-order valence-electron chi connectivity index (χ1n) is 6.62. The molecule has 0 aliphatic carbocycles. The minimum Gasteiger partial charge on any atom is -0.389 e. The van der Waals surface area contributed by atoms with Crippen LogP contribution in [0.5, 0.6) is 0 Å². The Bertz CT molecular complexity index is 535. The van der Waals surface area contributed by atoms with E-state index in [0.717, 1.165) is 24.0 Å². The van der Waals surface area contributed by atoms with Crippen LogP contribution < -0.4 is 11.1 Å². The van der Waals surface area contributed by atoms with Crippen molar-refractivity contribution in [2.75, 3.05) is 18.4 Å². The number of amides is 2. The molecule has 20 heavy (non-hydrogen) atoms. The second kappa shape index (κ2) is 6.54. The van der Waals surface area contributed by atoms with Crippen LogP contribution in [-0.4, -0.2) is 29.0 Å². The average molecular weight is 356 g/mol. The number of thiocarbonyl (C=S) groups is 1. The number of carbonyl (C=O) groups excluding carboxylic acids is 1. The molecule has 1 heterocycles. The predicted octanol–water partition coefficient (Wildman–Crippen LogP) is 3.35. The molecule has 0 spiro atoms. The number of hydrogen-bond donors (Lipinski definition) is 2. The van der Waals surface area contributed by atoms with Gasteiger partial charge in [0.1, 0.15) is 4.99 Å². The zero-order valence-corrected chi connectivity index (χ0v) is 13.8. The molecule has 1 aliphatic rings. The predicted molar refractivity (Wildman–Crippen MR) is 89.0 cm³/mol. The van der Waals surface area contributed by atoms with Crippen molar-refractivity contribution in [2.45, 2.75) is 19.8 Å². The third-order valence-corrected chi connectivity index (χ3v) is 4.15. The Kier molecular flexibility index (Phi) is 4.99. The van der Waals surface area contributed by atoms with Crippen LogP contribution in [0, 0.1) is 5.92 Å². The molecule has 1 atom stereocenters. The maximum atomic E-state index is 12.3. The molecule has 2 rings (SSSR count). The van der Waals surface area contributed by atoms with Crippen LogP contribution >= 0.6 is 28.1 Å². The molecule has 6 heteroatoms. The van der Waals surface area contributed by atoms with Crippen LogP contribution in [-0.2, 0) is 0 Å². The number of halogens is 1. The molecule has 0 aromatic heterocycles. The van der Waals surface area contributed by atoms with Crippen LogP contribution in [0.3, 0.4) is 0 Å². The second-order valence-corrected chi connectivity index (χ2v) is 6.53. The van der Waals surface area contributed by atoms with Gasteiger partial charge in [-0.1, -0.05) is 35.1 Å². The summed E-state index contributed by atoms with van der Waals surface area (Å²) in [5.74, 6) is 0.550. The van der Waals surface area contributed by atoms with Gasteiger partial charge < -0.3 is 16.0 Å². The zero-order valence-electron chi connectivity index (χ0n) is 11.4. The lowest BCUT2D eigenvalue weighted by Gasteiger charge is -2.31. The molecule has 1 saturated heterocycles. The Morgan fingerprint density at radius 3 is 2.95 bits per heavy atom. The maximum Gasteiger partial charge on any atom is 0.321 e. The van der Waals surface area contributed by atoms with Gasteiger partial charge in [0.25, 0.3) is 0 Å². The molecule has 2 amide bonds. The summed E-state index contributed by atoms with van der Waals surface area (Å²) >= 11 is 8.41. The van der Waals surface area contributed by atoms with Gasteiger partial charge in [-0.3, -0.25) is 0 Å². The Labute approximate surface area is 132 Å². The molecule has 1 fully saturated rings. The number of urea groups is 1. The molecule has 4 nitrogen and oxygen atoms in total. The maximum absolute atomic E-state index is 12.3. The first-order chi connectivity index (χ1) is 9.47. The zero-order chi connectivity index (χ0) is 14.7. The van der Waals surface area contributed by atoms with E-state index in [1.54, 1.807) is 0 Å². The summed E-state index contributed by atoms with van der Waals surface area (Å²) in [5, 5.41) is 2.91. The highest BCUT2D eigenvalue weighted by Gasteiger charge is 2.21. The van der Waals surface area contributed by atoms with Gasteiger partial charge in [0.15, 0.2) is 0 Å². The second-order valence-electron chi connectivity index (χ2n) is 5.18. The molecule has 1 aromatic rings. The summed E-state index contributed by atoms with van der Waals surface area (Å²) in [6, 6.07) is 5.40. The largest absolute Gasteiger partial charge is 0.389 e. The highest BCUT2D eigenvalue weighted by Crippen LogP contribution is 2.22. The van der Waals surface area contributed by atoms with Crippen LogP contribution in [0.25, 0.3) is 0 Å². The first kappa shape index (κ1) is 15.3. The van der Waals surface area contributed by atoms with E-state index in [0.29, 0.717) is 17.2 Å². The molecule has 0 radical (unpaired) electrons. The van der Waals surface area contributed by atoms with Gasteiger partial charge in [-0.2, -0.15) is 0 Å². The van der Waals surface area contributed by atoms with Crippen molar-refractivity contribution < 1.29 is 4.79 Å². The van der Waals surface area contributed by atoms with Gasteiger partial charge in [-0.05, 0) is 37.0 Å². The van der Waals surface area contributed by atoms with E-state index >= 15 is 0 Å². The van der Waals surface area contributed by atoms with Crippen LogP contribution in [0.1, 0.15) is 25.3 Å². The molecule has 0 bridgehead atoms. The number of anilines is 1. The molecule has 1 unspecified atom stereocenters. The highest BCUT2D eigenvalue weighted by molar-refractivity contribution is 9.10. The number of likely N-dealkylation sites (tertiary alicyclic amines) is 1. The van der Waals surface area contributed by atoms with Crippen LogP contribution in [0.2, 0.25) is 0 Å². The number of benzene rings is 1. The lowest BCUT2D eigenvalue weighted by atomic mass is 10.0. The Morgan fingerprint density at radius 1 is 1.55 bits per heavy atom. The number of nitrogens with zero attached hydrogens (tertiary/aromatic N) is 1. The van der Waals surface area contributed by atoms with Crippen molar-refractivity contribution in [3.63, 3.8) is 0 Å². The summed E-state index contributed by atoms with van der Waals surface area (Å²) in [7, 11) is 0. The molecule has 1 aliphatic heterocycles. The van der Waals surface area contributed by atoms with Crippen molar-refractivity contribution in [3.8, 4) is 0 Å². The molecular weight excluding hydrogens is 338 g/mol. The Balaban J connectivity index is 2.13. The summed E-state index contributed by atoms with van der Waals surface area (Å²) in [6.07, 6.45) is 2.23. The van der Waals surface area contributed by atoms with Crippen LogP contribution in [0.4, 0.5) is 10.5 Å². The van der Waals surface area contributed by atoms with Gasteiger partial charge in [0.05, 0.1) is 5.69 Å². The van der Waals surface area contributed by atoms with Gasteiger partial charge in [0.2, 0.25) is 0 Å². The van der Waals surface area contributed by atoms with E-state index < -0.39 is 0 Å². The number of rotatable bonds is 2. The molecular formula is C14H18BrN3OS. The monoisotopic (exact) mass is 355 g/mol. The van der Waals surface area contributed by atoms with Crippen molar-refractivity contribution >= 4 is 44.9 Å². The van der Waals surface area contributed by atoms with E-state index in [4.69, 9.17) is 18.0 Å². The average Bonchev–Trinajstić information content (AvgIpc) is 2.40. The molecule has 108 valence electrons. The fourth-order valence-electron chi connectivity index (χ4n) is 2.40. The SMILES string of the molecule is CC1CCCN(C(=O)Nc2ccc(Br)cc2C(N)=S)C1. The minimum absolute atomic E-state index is 0.0867. The number of nitrogens with two attached hydrogens (primary N) is 1. The standard InChI is InChI=1S/C14H18BrN3OS/c1-9-3-2-6-18(8-9)14(19)17-12-5-4-10(15)7-11(12)13(16)20/h4-5,7,9H,2-3,6,8H2,1H3,(H2,16,20)(H,17,19). The summed E-state index contributed by atoms with van der Waals surface area (Å²) in [4.78, 5) is 14.4. The van der Waals surface area contributed by atoms with E-state index in [-0.39, 0.29) is 11.0 Å². The lowest BCUT2D eigenvalue weighted by Crippen LogP contribution is -2.41. The smallest absolute Gasteiger partial charge is 0.321 e. The van der Waals surface area contributed by atoms with Crippen molar-refractivity contribution in [1.29, 1.82) is 0 Å². The normalized spacial score (nSPS) is 18.7. The lowest BCUT2D eigenvalue weighted by molar-refractivity contribution is 0.182. The summed E-state index contributed by atoms with van der Waals surface area (Å²) in [6.45, 7) is 3.76. The van der Waals surface area contributed by atoms with E-state index in [1.807, 2.05) is 23.1 Å².